The third-order valence-corrected chi connectivity index (χ3v) is 5.49. The highest BCUT2D eigenvalue weighted by Crippen LogP contribution is 2.29. The molecular formula is C19H33N5O. The quantitative estimate of drug-likeness (QED) is 0.786. The summed E-state index contributed by atoms with van der Waals surface area (Å²) < 4.78 is 5.47. The van der Waals surface area contributed by atoms with Crippen molar-refractivity contribution in [2.45, 2.75) is 39.7 Å². The topological polar surface area (TPSA) is 44.7 Å². The molecule has 2 aliphatic heterocycles. The zero-order chi connectivity index (χ0) is 17.8. The first-order valence-electron chi connectivity index (χ1n) is 9.74. The maximum Gasteiger partial charge on any atom is 0.227 e. The molecule has 0 amide bonds. The van der Waals surface area contributed by atoms with E-state index in [-0.39, 0.29) is 0 Å². The van der Waals surface area contributed by atoms with E-state index in [4.69, 9.17) is 14.7 Å². The summed E-state index contributed by atoms with van der Waals surface area (Å²) in [4.78, 5) is 16.9. The van der Waals surface area contributed by atoms with Crippen LogP contribution in [0.1, 0.15) is 37.9 Å². The fourth-order valence-electron chi connectivity index (χ4n) is 3.78. The van der Waals surface area contributed by atoms with Crippen LogP contribution in [0, 0.1) is 5.92 Å². The van der Waals surface area contributed by atoms with Crippen LogP contribution in [0.3, 0.4) is 0 Å². The third kappa shape index (κ3) is 4.23. The fraction of sp³-hybridized carbons (Fsp3) is 0.789. The lowest BCUT2D eigenvalue weighted by Gasteiger charge is -2.34. The molecule has 0 N–H and O–H groups in total. The van der Waals surface area contributed by atoms with Gasteiger partial charge < -0.3 is 14.5 Å². The van der Waals surface area contributed by atoms with Gasteiger partial charge in [0.25, 0.3) is 0 Å². The molecule has 0 atom stereocenters. The van der Waals surface area contributed by atoms with Crippen LogP contribution in [-0.2, 0) is 17.7 Å². The van der Waals surface area contributed by atoms with E-state index in [0.29, 0.717) is 0 Å². The second-order valence-corrected chi connectivity index (χ2v) is 7.43. The van der Waals surface area contributed by atoms with Gasteiger partial charge in [0.05, 0.1) is 18.9 Å². The molecule has 6 heteroatoms. The summed E-state index contributed by atoms with van der Waals surface area (Å²) in [5, 5.41) is 0. The Morgan fingerprint density at radius 2 is 1.80 bits per heavy atom. The Kier molecular flexibility index (Phi) is 6.12. The molecule has 1 aromatic heterocycles. The Hall–Kier alpha value is -1.40. The molecule has 3 heterocycles. The SMILES string of the molecule is CCC(CC)CN1CCc2nc(N3CCOCC3)nc(N(C)C)c2C1. The predicted octanol–water partition coefficient (Wildman–Crippen LogP) is 2.17. The van der Waals surface area contributed by atoms with E-state index in [9.17, 15) is 0 Å². The minimum absolute atomic E-state index is 0.765. The highest BCUT2D eigenvalue weighted by molar-refractivity contribution is 5.53. The summed E-state index contributed by atoms with van der Waals surface area (Å²) in [6.07, 6.45) is 3.54. The Morgan fingerprint density at radius 1 is 1.08 bits per heavy atom. The molecule has 0 bridgehead atoms. The maximum absolute atomic E-state index is 5.47. The van der Waals surface area contributed by atoms with Crippen molar-refractivity contribution in [2.24, 2.45) is 5.92 Å². The van der Waals surface area contributed by atoms with E-state index in [1.54, 1.807) is 0 Å². The first kappa shape index (κ1) is 18.4. The minimum atomic E-state index is 0.765. The zero-order valence-corrected chi connectivity index (χ0v) is 16.3. The van der Waals surface area contributed by atoms with Gasteiger partial charge in [-0.25, -0.2) is 4.98 Å². The van der Waals surface area contributed by atoms with Gasteiger partial charge in [0, 0.05) is 58.8 Å². The van der Waals surface area contributed by atoms with Gasteiger partial charge in [-0.15, -0.1) is 0 Å². The first-order valence-corrected chi connectivity index (χ1v) is 9.74. The molecule has 0 saturated carbocycles. The Balaban J connectivity index is 1.83. The highest BCUT2D eigenvalue weighted by Gasteiger charge is 2.26. The molecule has 0 radical (unpaired) electrons. The molecule has 140 valence electrons. The first-order chi connectivity index (χ1) is 12.1. The smallest absolute Gasteiger partial charge is 0.227 e. The molecule has 1 saturated heterocycles. The average molecular weight is 348 g/mol. The van der Waals surface area contributed by atoms with Crippen LogP contribution in [0.5, 0.6) is 0 Å². The summed E-state index contributed by atoms with van der Waals surface area (Å²) >= 11 is 0. The van der Waals surface area contributed by atoms with Crippen molar-refractivity contribution in [3.05, 3.63) is 11.3 Å². The van der Waals surface area contributed by atoms with Gasteiger partial charge in [0.15, 0.2) is 0 Å². The van der Waals surface area contributed by atoms with Gasteiger partial charge in [-0.3, -0.25) is 4.90 Å². The van der Waals surface area contributed by atoms with Crippen molar-refractivity contribution in [3.63, 3.8) is 0 Å². The molecule has 1 aromatic rings. The van der Waals surface area contributed by atoms with Crippen LogP contribution in [0.15, 0.2) is 0 Å². The van der Waals surface area contributed by atoms with Crippen molar-refractivity contribution < 1.29 is 4.74 Å². The van der Waals surface area contributed by atoms with Gasteiger partial charge >= 0.3 is 0 Å². The highest BCUT2D eigenvalue weighted by atomic mass is 16.5. The van der Waals surface area contributed by atoms with E-state index >= 15 is 0 Å². The van der Waals surface area contributed by atoms with Crippen molar-refractivity contribution in [1.82, 2.24) is 14.9 Å². The number of hydrogen-bond donors (Lipinski definition) is 0. The molecule has 0 aliphatic carbocycles. The van der Waals surface area contributed by atoms with E-state index in [0.717, 1.165) is 63.5 Å². The number of fused-ring (bicyclic) bond motifs is 1. The van der Waals surface area contributed by atoms with Crippen LogP contribution in [0.25, 0.3) is 0 Å². The van der Waals surface area contributed by atoms with E-state index < -0.39 is 0 Å². The molecule has 0 unspecified atom stereocenters. The van der Waals surface area contributed by atoms with Crippen molar-refractivity contribution in [3.8, 4) is 0 Å². The van der Waals surface area contributed by atoms with Gasteiger partial charge in [0.1, 0.15) is 5.82 Å². The molecular weight excluding hydrogens is 314 g/mol. The Bertz CT molecular complexity index is 567. The number of morpholine rings is 1. The van der Waals surface area contributed by atoms with Crippen LogP contribution in [-0.4, -0.2) is 68.4 Å². The number of ether oxygens (including phenoxy) is 1. The summed E-state index contributed by atoms with van der Waals surface area (Å²) in [6.45, 7) is 11.2. The van der Waals surface area contributed by atoms with Crippen LogP contribution in [0.2, 0.25) is 0 Å². The van der Waals surface area contributed by atoms with Crippen molar-refractivity contribution >= 4 is 11.8 Å². The standard InChI is InChI=1S/C19H33N5O/c1-5-15(6-2)13-23-8-7-17-16(14-23)18(22(3)4)21-19(20-17)24-9-11-25-12-10-24/h15H,5-14H2,1-4H3. The molecule has 0 spiro atoms. The fourth-order valence-corrected chi connectivity index (χ4v) is 3.78. The van der Waals surface area contributed by atoms with Crippen molar-refractivity contribution in [1.29, 1.82) is 0 Å². The van der Waals surface area contributed by atoms with E-state index in [1.165, 1.54) is 30.6 Å². The molecule has 2 aliphatic rings. The van der Waals surface area contributed by atoms with Gasteiger partial charge in [-0.1, -0.05) is 26.7 Å². The van der Waals surface area contributed by atoms with Crippen LogP contribution < -0.4 is 9.80 Å². The minimum Gasteiger partial charge on any atom is -0.378 e. The van der Waals surface area contributed by atoms with Crippen LogP contribution in [0.4, 0.5) is 11.8 Å². The Labute approximate surface area is 152 Å². The normalized spacial score (nSPS) is 18.5. The molecule has 1 fully saturated rings. The average Bonchev–Trinajstić information content (AvgIpc) is 2.65. The van der Waals surface area contributed by atoms with E-state index in [1.807, 2.05) is 0 Å². The second-order valence-electron chi connectivity index (χ2n) is 7.43. The van der Waals surface area contributed by atoms with Gasteiger partial charge in [0.2, 0.25) is 5.95 Å². The lowest BCUT2D eigenvalue weighted by atomic mass is 10.00. The monoisotopic (exact) mass is 347 g/mol. The number of nitrogens with zero attached hydrogens (tertiary/aromatic N) is 5. The van der Waals surface area contributed by atoms with Gasteiger partial charge in [-0.05, 0) is 5.92 Å². The summed E-state index contributed by atoms with van der Waals surface area (Å²) in [5.41, 5.74) is 2.56. The number of hydrogen-bond acceptors (Lipinski definition) is 6. The summed E-state index contributed by atoms with van der Waals surface area (Å²) in [7, 11) is 4.18. The Morgan fingerprint density at radius 3 is 2.44 bits per heavy atom. The number of rotatable bonds is 6. The van der Waals surface area contributed by atoms with E-state index in [2.05, 4.69) is 42.6 Å². The summed E-state index contributed by atoms with van der Waals surface area (Å²) in [6, 6.07) is 0. The predicted molar refractivity (Wildman–Crippen MR) is 102 cm³/mol. The second kappa shape index (κ2) is 8.32. The largest absolute Gasteiger partial charge is 0.378 e. The third-order valence-electron chi connectivity index (χ3n) is 5.49. The lowest BCUT2D eigenvalue weighted by Crippen LogP contribution is -2.39. The molecule has 0 aromatic carbocycles. The van der Waals surface area contributed by atoms with Crippen molar-refractivity contribution in [2.75, 3.05) is 63.3 Å². The van der Waals surface area contributed by atoms with Crippen LogP contribution >= 0.6 is 0 Å². The maximum atomic E-state index is 5.47. The summed E-state index contributed by atoms with van der Waals surface area (Å²) in [5.74, 6) is 2.75. The van der Waals surface area contributed by atoms with Gasteiger partial charge in [-0.2, -0.15) is 4.98 Å². The zero-order valence-electron chi connectivity index (χ0n) is 16.3. The number of aromatic nitrogens is 2. The molecule has 6 nitrogen and oxygen atoms in total. The number of anilines is 2. The molecule has 25 heavy (non-hydrogen) atoms. The molecule has 3 rings (SSSR count). The lowest BCUT2D eigenvalue weighted by molar-refractivity contribution is 0.122.